The Morgan fingerprint density at radius 3 is 2.57 bits per heavy atom. The molecule has 1 aromatic carbocycles. The molecule has 0 aliphatic carbocycles. The molecule has 0 fully saturated rings. The van der Waals surface area contributed by atoms with Crippen LogP contribution in [0.5, 0.6) is 0 Å². The number of hydrogen-bond acceptors (Lipinski definition) is 3. The van der Waals surface area contributed by atoms with Crippen LogP contribution in [-0.2, 0) is 4.79 Å². The van der Waals surface area contributed by atoms with Crippen molar-refractivity contribution < 1.29 is 9.21 Å². The average Bonchev–Trinajstić information content (AvgIpc) is 2.90. The molecular weight excluding hydrogens is 264 g/mol. The van der Waals surface area contributed by atoms with E-state index in [9.17, 15) is 4.79 Å². The lowest BCUT2D eigenvalue weighted by atomic mass is 10.1. The van der Waals surface area contributed by atoms with E-state index in [0.717, 1.165) is 11.3 Å². The van der Waals surface area contributed by atoms with Gasteiger partial charge in [-0.3, -0.25) is 4.79 Å². The maximum Gasteiger partial charge on any atom is 0.262 e. The molecule has 4 nitrogen and oxygen atoms in total. The third-order valence-electron chi connectivity index (χ3n) is 3.06. The molecule has 4 heteroatoms. The molecule has 21 heavy (non-hydrogen) atoms. The maximum atomic E-state index is 12.1. The Labute approximate surface area is 123 Å². The molecule has 2 aromatic rings. The van der Waals surface area contributed by atoms with Crippen LogP contribution in [0.15, 0.2) is 52.5 Å². The number of amides is 1. The van der Waals surface area contributed by atoms with E-state index in [0.29, 0.717) is 5.76 Å². The molecule has 1 aromatic heterocycles. The van der Waals surface area contributed by atoms with Crippen LogP contribution in [-0.4, -0.2) is 5.91 Å². The van der Waals surface area contributed by atoms with E-state index >= 15 is 0 Å². The number of carbonyl (C=O) groups is 1. The van der Waals surface area contributed by atoms with Gasteiger partial charge in [-0.25, -0.2) is 0 Å². The van der Waals surface area contributed by atoms with E-state index < -0.39 is 5.91 Å². The van der Waals surface area contributed by atoms with Crippen LogP contribution in [0, 0.1) is 18.3 Å². The standard InChI is InChI=1S/C17H16N2O2/c1-12-8-9-16(21-12)10-15(11-18)17(20)19-13(2)14-6-4-3-5-7-14/h3-10,13H,1-2H3,(H,19,20)/b15-10+/t13-/m1/s1. The van der Waals surface area contributed by atoms with Gasteiger partial charge in [0.1, 0.15) is 23.2 Å². The number of nitrogens with one attached hydrogen (secondary N) is 1. The smallest absolute Gasteiger partial charge is 0.262 e. The zero-order valence-electron chi connectivity index (χ0n) is 12.0. The molecule has 1 amide bonds. The minimum atomic E-state index is -0.414. The predicted molar refractivity (Wildman–Crippen MR) is 80.0 cm³/mol. The molecule has 0 saturated carbocycles. The highest BCUT2D eigenvalue weighted by atomic mass is 16.3. The molecule has 0 unspecified atom stereocenters. The highest BCUT2D eigenvalue weighted by Crippen LogP contribution is 2.14. The molecule has 106 valence electrons. The summed E-state index contributed by atoms with van der Waals surface area (Å²) < 4.78 is 5.35. The summed E-state index contributed by atoms with van der Waals surface area (Å²) in [6, 6.07) is 14.8. The lowest BCUT2D eigenvalue weighted by Gasteiger charge is -2.13. The van der Waals surface area contributed by atoms with Gasteiger partial charge in [0.25, 0.3) is 5.91 Å². The van der Waals surface area contributed by atoms with Crippen LogP contribution < -0.4 is 5.32 Å². The molecule has 0 saturated heterocycles. The molecule has 0 radical (unpaired) electrons. The molecule has 1 N–H and O–H groups in total. The minimum absolute atomic E-state index is 0.0205. The molecule has 0 aliphatic heterocycles. The Morgan fingerprint density at radius 1 is 1.29 bits per heavy atom. The molecule has 0 bridgehead atoms. The number of furan rings is 1. The van der Waals surface area contributed by atoms with E-state index in [-0.39, 0.29) is 11.6 Å². The van der Waals surface area contributed by atoms with Crippen LogP contribution in [0.1, 0.15) is 30.0 Å². The van der Waals surface area contributed by atoms with Gasteiger partial charge in [-0.05, 0) is 31.5 Å². The first-order valence-corrected chi connectivity index (χ1v) is 6.64. The second kappa shape index (κ2) is 6.58. The van der Waals surface area contributed by atoms with Crippen molar-refractivity contribution in [3.05, 3.63) is 65.1 Å². The fraction of sp³-hybridized carbons (Fsp3) is 0.176. The van der Waals surface area contributed by atoms with Crippen molar-refractivity contribution in [1.29, 1.82) is 5.26 Å². The second-order valence-corrected chi connectivity index (χ2v) is 4.72. The van der Waals surface area contributed by atoms with Crippen LogP contribution >= 0.6 is 0 Å². The van der Waals surface area contributed by atoms with Gasteiger partial charge in [0.15, 0.2) is 0 Å². The first-order valence-electron chi connectivity index (χ1n) is 6.64. The summed E-state index contributed by atoms with van der Waals surface area (Å²) in [5.74, 6) is 0.811. The van der Waals surface area contributed by atoms with Crippen molar-refractivity contribution in [2.24, 2.45) is 0 Å². The molecule has 2 rings (SSSR count). The van der Waals surface area contributed by atoms with Gasteiger partial charge in [0.2, 0.25) is 0 Å². The van der Waals surface area contributed by atoms with E-state index in [2.05, 4.69) is 5.32 Å². The maximum absolute atomic E-state index is 12.1. The number of carbonyl (C=O) groups excluding carboxylic acids is 1. The zero-order valence-corrected chi connectivity index (χ0v) is 12.0. The van der Waals surface area contributed by atoms with Crippen molar-refractivity contribution in [3.8, 4) is 6.07 Å². The average molecular weight is 280 g/mol. The third-order valence-corrected chi connectivity index (χ3v) is 3.06. The predicted octanol–water partition coefficient (Wildman–Crippen LogP) is 3.37. The minimum Gasteiger partial charge on any atom is -0.462 e. The van der Waals surface area contributed by atoms with Crippen LogP contribution in [0.3, 0.4) is 0 Å². The van der Waals surface area contributed by atoms with Crippen molar-refractivity contribution >= 4 is 12.0 Å². The largest absolute Gasteiger partial charge is 0.462 e. The Bertz CT molecular complexity index is 693. The van der Waals surface area contributed by atoms with Gasteiger partial charge >= 0.3 is 0 Å². The lowest BCUT2D eigenvalue weighted by Crippen LogP contribution is -2.27. The topological polar surface area (TPSA) is 66.0 Å². The van der Waals surface area contributed by atoms with Crippen molar-refractivity contribution in [1.82, 2.24) is 5.32 Å². The van der Waals surface area contributed by atoms with Gasteiger partial charge in [0, 0.05) is 6.08 Å². The summed E-state index contributed by atoms with van der Waals surface area (Å²) in [5.41, 5.74) is 1.00. The number of aryl methyl sites for hydroxylation is 1. The van der Waals surface area contributed by atoms with Crippen LogP contribution in [0.2, 0.25) is 0 Å². The summed E-state index contributed by atoms with van der Waals surface area (Å²) in [6.07, 6.45) is 1.44. The number of nitrogens with zero attached hydrogens (tertiary/aromatic N) is 1. The Balaban J connectivity index is 2.11. The van der Waals surface area contributed by atoms with Crippen LogP contribution in [0.4, 0.5) is 0 Å². The quantitative estimate of drug-likeness (QED) is 0.689. The SMILES string of the molecule is Cc1ccc(/C=C(\C#N)C(=O)N[C@H](C)c2ccccc2)o1. The van der Waals surface area contributed by atoms with Crippen molar-refractivity contribution in [2.45, 2.75) is 19.9 Å². The van der Waals surface area contributed by atoms with E-state index in [1.54, 1.807) is 19.1 Å². The third kappa shape index (κ3) is 3.83. The Morgan fingerprint density at radius 2 is 2.00 bits per heavy atom. The summed E-state index contributed by atoms with van der Waals surface area (Å²) >= 11 is 0. The molecule has 1 heterocycles. The Kier molecular flexibility index (Phi) is 4.57. The van der Waals surface area contributed by atoms with Crippen molar-refractivity contribution in [2.75, 3.05) is 0 Å². The number of benzene rings is 1. The summed E-state index contributed by atoms with van der Waals surface area (Å²) in [4.78, 5) is 12.1. The number of hydrogen-bond donors (Lipinski definition) is 1. The summed E-state index contributed by atoms with van der Waals surface area (Å²) in [7, 11) is 0. The fourth-order valence-corrected chi connectivity index (χ4v) is 1.92. The highest BCUT2D eigenvalue weighted by molar-refractivity contribution is 6.01. The van der Waals surface area contributed by atoms with Gasteiger partial charge in [0.05, 0.1) is 6.04 Å². The van der Waals surface area contributed by atoms with Gasteiger partial charge in [-0.2, -0.15) is 5.26 Å². The lowest BCUT2D eigenvalue weighted by molar-refractivity contribution is -0.117. The first-order chi connectivity index (χ1) is 10.1. The second-order valence-electron chi connectivity index (χ2n) is 4.72. The molecular formula is C17H16N2O2. The highest BCUT2D eigenvalue weighted by Gasteiger charge is 2.14. The Hall–Kier alpha value is -2.80. The van der Waals surface area contributed by atoms with Crippen LogP contribution in [0.25, 0.3) is 6.08 Å². The van der Waals surface area contributed by atoms with E-state index in [1.165, 1.54) is 6.08 Å². The summed E-state index contributed by atoms with van der Waals surface area (Å²) in [5, 5.41) is 11.9. The monoisotopic (exact) mass is 280 g/mol. The van der Waals surface area contributed by atoms with E-state index in [4.69, 9.17) is 9.68 Å². The number of nitriles is 1. The molecule has 1 atom stereocenters. The zero-order chi connectivity index (χ0) is 15.2. The van der Waals surface area contributed by atoms with Gasteiger partial charge in [-0.1, -0.05) is 30.3 Å². The van der Waals surface area contributed by atoms with Gasteiger partial charge < -0.3 is 9.73 Å². The first kappa shape index (κ1) is 14.6. The van der Waals surface area contributed by atoms with Crippen molar-refractivity contribution in [3.63, 3.8) is 0 Å². The summed E-state index contributed by atoms with van der Waals surface area (Å²) in [6.45, 7) is 3.68. The van der Waals surface area contributed by atoms with Gasteiger partial charge in [-0.15, -0.1) is 0 Å². The fourth-order valence-electron chi connectivity index (χ4n) is 1.92. The normalized spacial score (nSPS) is 12.5. The number of rotatable bonds is 4. The van der Waals surface area contributed by atoms with E-state index in [1.807, 2.05) is 43.3 Å². The molecule has 0 spiro atoms. The molecule has 0 aliphatic rings.